The molecule has 1 aliphatic carbocycles. The average Bonchev–Trinajstić information content (AvgIpc) is 2.88. The number of halogens is 2. The summed E-state index contributed by atoms with van der Waals surface area (Å²) in [4.78, 5) is 12.4. The van der Waals surface area contributed by atoms with Crippen LogP contribution < -0.4 is 9.47 Å². The fourth-order valence-corrected chi connectivity index (χ4v) is 5.08. The molecular formula is C30H40F2O3. The zero-order chi connectivity index (χ0) is 25.0. The Morgan fingerprint density at radius 1 is 0.800 bits per heavy atom. The normalized spacial score (nSPS) is 17.8. The number of benzene rings is 2. The molecule has 1 aliphatic rings. The van der Waals surface area contributed by atoms with E-state index in [4.69, 9.17) is 9.47 Å². The lowest BCUT2D eigenvalue weighted by Crippen LogP contribution is -2.14. The minimum atomic E-state index is -1.23. The summed E-state index contributed by atoms with van der Waals surface area (Å²) in [5.74, 6) is -1.91. The molecule has 0 amide bonds. The van der Waals surface area contributed by atoms with Gasteiger partial charge in [-0.3, -0.25) is 0 Å². The first kappa shape index (κ1) is 27.2. The second-order valence-corrected chi connectivity index (χ2v) is 9.84. The number of hydrogen-bond acceptors (Lipinski definition) is 3. The number of esters is 1. The van der Waals surface area contributed by atoms with Gasteiger partial charge in [0.05, 0.1) is 12.2 Å². The first-order valence-electron chi connectivity index (χ1n) is 13.4. The van der Waals surface area contributed by atoms with Crippen molar-refractivity contribution in [3.8, 4) is 11.5 Å². The van der Waals surface area contributed by atoms with E-state index in [-0.39, 0.29) is 12.4 Å². The molecule has 192 valence electrons. The molecule has 0 saturated heterocycles. The first-order valence-corrected chi connectivity index (χ1v) is 13.4. The van der Waals surface area contributed by atoms with Crippen molar-refractivity contribution < 1.29 is 23.0 Å². The molecule has 2 aromatic rings. The number of ether oxygens (including phenoxy) is 2. The number of aryl methyl sites for hydroxylation is 1. The van der Waals surface area contributed by atoms with Crippen LogP contribution in [-0.2, 0) is 6.42 Å². The van der Waals surface area contributed by atoms with Gasteiger partial charge in [0.1, 0.15) is 0 Å². The Bertz CT molecular complexity index is 918. The van der Waals surface area contributed by atoms with E-state index in [0.717, 1.165) is 24.7 Å². The summed E-state index contributed by atoms with van der Waals surface area (Å²) in [5.41, 5.74) is 1.47. The SMILES string of the molecule is CCCCCC1CCC(CCCCc2ccc(C(=O)Oc3ccc(OCC)c(F)c3F)cc2)CC1. The maximum atomic E-state index is 14.2. The Morgan fingerprint density at radius 3 is 1.97 bits per heavy atom. The summed E-state index contributed by atoms with van der Waals surface area (Å²) >= 11 is 0. The molecule has 0 unspecified atom stereocenters. The molecule has 3 nitrogen and oxygen atoms in total. The van der Waals surface area contributed by atoms with Crippen molar-refractivity contribution in [3.05, 3.63) is 59.2 Å². The third kappa shape index (κ3) is 8.33. The Balaban J connectivity index is 1.38. The molecule has 35 heavy (non-hydrogen) atoms. The van der Waals surface area contributed by atoms with Crippen molar-refractivity contribution in [2.24, 2.45) is 11.8 Å². The highest BCUT2D eigenvalue weighted by Gasteiger charge is 2.21. The van der Waals surface area contributed by atoms with Crippen LogP contribution in [0.15, 0.2) is 36.4 Å². The molecule has 2 aromatic carbocycles. The van der Waals surface area contributed by atoms with Crippen molar-refractivity contribution >= 4 is 5.97 Å². The number of hydrogen-bond donors (Lipinski definition) is 0. The van der Waals surface area contributed by atoms with Crippen molar-refractivity contribution in [2.45, 2.75) is 90.9 Å². The zero-order valence-electron chi connectivity index (χ0n) is 21.3. The molecular weight excluding hydrogens is 446 g/mol. The second-order valence-electron chi connectivity index (χ2n) is 9.84. The number of carbonyl (C=O) groups is 1. The van der Waals surface area contributed by atoms with Gasteiger partial charge in [0, 0.05) is 0 Å². The highest BCUT2D eigenvalue weighted by Crippen LogP contribution is 2.34. The van der Waals surface area contributed by atoms with Crippen molar-refractivity contribution in [3.63, 3.8) is 0 Å². The minimum Gasteiger partial charge on any atom is -0.491 e. The van der Waals surface area contributed by atoms with Crippen molar-refractivity contribution in [2.75, 3.05) is 6.61 Å². The molecule has 0 bridgehead atoms. The first-order chi connectivity index (χ1) is 17.0. The van der Waals surface area contributed by atoms with E-state index in [9.17, 15) is 13.6 Å². The summed E-state index contributed by atoms with van der Waals surface area (Å²) < 4.78 is 38.3. The molecule has 0 heterocycles. The maximum Gasteiger partial charge on any atom is 0.343 e. The second kappa shape index (κ2) is 14.2. The molecule has 5 heteroatoms. The number of rotatable bonds is 13. The quantitative estimate of drug-likeness (QED) is 0.161. The van der Waals surface area contributed by atoms with Gasteiger partial charge in [-0.1, -0.05) is 83.3 Å². The summed E-state index contributed by atoms with van der Waals surface area (Å²) in [6, 6.07) is 9.64. The van der Waals surface area contributed by atoms with Gasteiger partial charge in [-0.2, -0.15) is 8.78 Å². The van der Waals surface area contributed by atoms with E-state index in [1.807, 2.05) is 12.1 Å². The number of carbonyl (C=O) groups excluding carboxylic acids is 1. The van der Waals surface area contributed by atoms with Gasteiger partial charge in [-0.25, -0.2) is 4.79 Å². The van der Waals surface area contributed by atoms with Gasteiger partial charge in [-0.15, -0.1) is 0 Å². The van der Waals surface area contributed by atoms with Crippen LogP contribution >= 0.6 is 0 Å². The van der Waals surface area contributed by atoms with Crippen LogP contribution in [0.2, 0.25) is 0 Å². The number of unbranched alkanes of at least 4 members (excludes halogenated alkanes) is 3. The Hall–Kier alpha value is -2.43. The van der Waals surface area contributed by atoms with E-state index in [1.165, 1.54) is 81.9 Å². The van der Waals surface area contributed by atoms with Crippen LogP contribution in [0, 0.1) is 23.5 Å². The van der Waals surface area contributed by atoms with Crippen LogP contribution in [0.3, 0.4) is 0 Å². The third-order valence-electron chi connectivity index (χ3n) is 7.21. The van der Waals surface area contributed by atoms with Gasteiger partial charge in [-0.05, 0) is 61.4 Å². The summed E-state index contributed by atoms with van der Waals surface area (Å²) in [5, 5.41) is 0. The van der Waals surface area contributed by atoms with Crippen molar-refractivity contribution in [1.29, 1.82) is 0 Å². The molecule has 0 aliphatic heterocycles. The van der Waals surface area contributed by atoms with Crippen molar-refractivity contribution in [1.82, 2.24) is 0 Å². The highest BCUT2D eigenvalue weighted by atomic mass is 19.2. The van der Waals surface area contributed by atoms with Gasteiger partial charge >= 0.3 is 5.97 Å². The summed E-state index contributed by atoms with van der Waals surface area (Å²) in [7, 11) is 0. The zero-order valence-corrected chi connectivity index (χ0v) is 21.3. The molecule has 3 rings (SSSR count). The predicted molar refractivity (Wildman–Crippen MR) is 136 cm³/mol. The van der Waals surface area contributed by atoms with Gasteiger partial charge in [0.25, 0.3) is 0 Å². The van der Waals surface area contributed by atoms with E-state index in [0.29, 0.717) is 5.56 Å². The molecule has 0 spiro atoms. The Labute approximate surface area is 209 Å². The van der Waals surface area contributed by atoms with E-state index in [2.05, 4.69) is 6.92 Å². The lowest BCUT2D eigenvalue weighted by molar-refractivity contribution is 0.0726. The van der Waals surface area contributed by atoms with Gasteiger partial charge < -0.3 is 9.47 Å². The molecule has 0 atom stereocenters. The van der Waals surface area contributed by atoms with E-state index < -0.39 is 23.4 Å². The van der Waals surface area contributed by atoms with Gasteiger partial charge in [0.2, 0.25) is 11.6 Å². The largest absolute Gasteiger partial charge is 0.491 e. The average molecular weight is 487 g/mol. The van der Waals surface area contributed by atoms with Crippen LogP contribution in [0.4, 0.5) is 8.78 Å². The molecule has 1 saturated carbocycles. The monoisotopic (exact) mass is 486 g/mol. The molecule has 0 N–H and O–H groups in total. The van der Waals surface area contributed by atoms with Crippen LogP contribution in [-0.4, -0.2) is 12.6 Å². The van der Waals surface area contributed by atoms with Crippen LogP contribution in [0.25, 0.3) is 0 Å². The lowest BCUT2D eigenvalue weighted by atomic mass is 9.78. The van der Waals surface area contributed by atoms with E-state index in [1.54, 1.807) is 19.1 Å². The lowest BCUT2D eigenvalue weighted by Gasteiger charge is -2.28. The topological polar surface area (TPSA) is 35.5 Å². The van der Waals surface area contributed by atoms with Crippen LogP contribution in [0.1, 0.15) is 100 Å². The standard InChI is InChI=1S/C30H40F2O3/c1-3-5-6-9-22-12-14-23(15-13-22)10-7-8-11-24-16-18-25(19-17-24)30(33)35-27-21-20-26(34-4-2)28(31)29(27)32/h16-23H,3-15H2,1-2H3. The van der Waals surface area contributed by atoms with Gasteiger partial charge in [0.15, 0.2) is 11.5 Å². The molecule has 0 aromatic heterocycles. The van der Waals surface area contributed by atoms with E-state index >= 15 is 0 Å². The smallest absolute Gasteiger partial charge is 0.343 e. The maximum absolute atomic E-state index is 14.2. The Kier molecular flexibility index (Phi) is 11.0. The van der Waals surface area contributed by atoms with Crippen LogP contribution in [0.5, 0.6) is 11.5 Å². The highest BCUT2D eigenvalue weighted by molar-refractivity contribution is 5.91. The minimum absolute atomic E-state index is 0.204. The predicted octanol–water partition coefficient (Wildman–Crippen LogP) is 8.68. The molecule has 1 fully saturated rings. The summed E-state index contributed by atoms with van der Waals surface area (Å²) in [6.45, 7) is 4.16. The Morgan fingerprint density at radius 2 is 1.37 bits per heavy atom. The summed E-state index contributed by atoms with van der Waals surface area (Å²) in [6.07, 6.45) is 15.8. The fourth-order valence-electron chi connectivity index (χ4n) is 5.08. The third-order valence-corrected chi connectivity index (χ3v) is 7.21. The fraction of sp³-hybridized carbons (Fsp3) is 0.567. The molecule has 0 radical (unpaired) electrons.